The van der Waals surface area contributed by atoms with E-state index < -0.39 is 13.7 Å². The molecule has 1 atom stereocenters. The van der Waals surface area contributed by atoms with Crippen LogP contribution < -0.4 is 9.41 Å². The van der Waals surface area contributed by atoms with E-state index in [0.717, 1.165) is 27.5 Å². The van der Waals surface area contributed by atoms with Crippen molar-refractivity contribution >= 4 is 36.1 Å². The second-order valence-electron chi connectivity index (χ2n) is 6.92. The first kappa shape index (κ1) is 25.7. The van der Waals surface area contributed by atoms with Gasteiger partial charge in [0.1, 0.15) is 6.61 Å². The third-order valence-corrected chi connectivity index (χ3v) is 6.79. The zero-order valence-corrected chi connectivity index (χ0v) is 21.2. The number of carbonyl (C=O) groups is 1. The second kappa shape index (κ2) is 12.5. The highest BCUT2D eigenvalue weighted by Gasteiger charge is 2.34. The largest absolute Gasteiger partial charge is 0.483 e. The number of halogens is 1. The molecule has 0 aliphatic rings. The maximum atomic E-state index is 12.8. The van der Waals surface area contributed by atoms with Crippen molar-refractivity contribution < 1.29 is 23.8 Å². The Bertz CT molecular complexity index is 1260. The first-order valence-corrected chi connectivity index (χ1v) is 12.6. The number of hydrogen-bond donors (Lipinski definition) is 0. The molecule has 4 aromatic rings. The lowest BCUT2D eigenvalue weighted by atomic mass is 10.00. The normalized spacial score (nSPS) is 10.9. The van der Waals surface area contributed by atoms with E-state index in [4.69, 9.17) is 30.6 Å². The van der Waals surface area contributed by atoms with E-state index >= 15 is 0 Å². The lowest BCUT2D eigenvalue weighted by Gasteiger charge is -2.13. The van der Waals surface area contributed by atoms with Crippen LogP contribution in [-0.2, 0) is 16.2 Å². The third-order valence-electron chi connectivity index (χ3n) is 4.93. The van der Waals surface area contributed by atoms with E-state index in [0.29, 0.717) is 16.1 Å². The van der Waals surface area contributed by atoms with Crippen LogP contribution in [0.1, 0.15) is 29.5 Å². The molecule has 176 valence electrons. The van der Waals surface area contributed by atoms with E-state index in [2.05, 4.69) is 0 Å². The Morgan fingerprint density at radius 1 is 0.912 bits per heavy atom. The molecule has 0 saturated heterocycles. The van der Waals surface area contributed by atoms with Gasteiger partial charge in [-0.1, -0.05) is 86.1 Å². The fourth-order valence-electron chi connectivity index (χ4n) is 3.51. The number of methoxy groups -OCH3 is 1. The summed E-state index contributed by atoms with van der Waals surface area (Å²) in [5, 5.41) is 2.60. The minimum absolute atomic E-state index is 0.285. The Morgan fingerprint density at radius 3 is 2.32 bits per heavy atom. The van der Waals surface area contributed by atoms with E-state index in [-0.39, 0.29) is 6.61 Å². The lowest BCUT2D eigenvalue weighted by molar-refractivity contribution is -0.126. The third kappa shape index (κ3) is 5.75. The molecule has 0 bridgehead atoms. The van der Waals surface area contributed by atoms with Gasteiger partial charge in [0.15, 0.2) is 11.5 Å². The maximum absolute atomic E-state index is 12.8. The molecule has 0 fully saturated rings. The van der Waals surface area contributed by atoms with Gasteiger partial charge in [-0.2, -0.15) is 4.89 Å². The fourth-order valence-corrected chi connectivity index (χ4v) is 5.28. The highest BCUT2D eigenvalue weighted by atomic mass is 35.5. The minimum atomic E-state index is -1.60. The lowest BCUT2D eigenvalue weighted by Crippen LogP contribution is -2.08. The van der Waals surface area contributed by atoms with Crippen molar-refractivity contribution in [1.82, 2.24) is 0 Å². The van der Waals surface area contributed by atoms with Crippen LogP contribution in [0.2, 0.25) is 5.02 Å². The Labute approximate surface area is 205 Å². The molecule has 34 heavy (non-hydrogen) atoms. The van der Waals surface area contributed by atoms with Gasteiger partial charge >= 0.3 is 19.0 Å². The summed E-state index contributed by atoms with van der Waals surface area (Å²) >= 11 is 6.24. The van der Waals surface area contributed by atoms with Gasteiger partial charge in [0.2, 0.25) is 0 Å². The van der Waals surface area contributed by atoms with E-state index in [1.165, 1.54) is 14.2 Å². The molecule has 0 spiro atoms. The summed E-state index contributed by atoms with van der Waals surface area (Å²) in [5.74, 6) is 1.79. The minimum Gasteiger partial charge on any atom is -0.483 e. The first-order valence-electron chi connectivity index (χ1n) is 10.9. The van der Waals surface area contributed by atoms with Crippen LogP contribution in [0.25, 0.3) is 21.9 Å². The van der Waals surface area contributed by atoms with Crippen molar-refractivity contribution in [3.63, 3.8) is 0 Å². The number of esters is 1. The van der Waals surface area contributed by atoms with E-state index in [1.54, 1.807) is 0 Å². The van der Waals surface area contributed by atoms with Crippen LogP contribution in [-0.4, -0.2) is 20.2 Å². The fraction of sp³-hybridized carbons (Fsp3) is 0.185. The van der Waals surface area contributed by atoms with Gasteiger partial charge in [-0.25, -0.2) is 4.79 Å². The monoisotopic (exact) mass is 497 g/mol. The highest BCUT2D eigenvalue weighted by molar-refractivity contribution is 7.46. The van der Waals surface area contributed by atoms with Gasteiger partial charge in [-0.05, 0) is 33.5 Å². The molecule has 0 aliphatic heterocycles. The maximum Gasteiger partial charge on any atom is 0.388 e. The predicted molar refractivity (Wildman–Crippen MR) is 139 cm³/mol. The smallest absolute Gasteiger partial charge is 0.388 e. The van der Waals surface area contributed by atoms with E-state index in [1.807, 2.05) is 92.4 Å². The van der Waals surface area contributed by atoms with Crippen molar-refractivity contribution in [3.05, 3.63) is 94.5 Å². The molecule has 5 nitrogen and oxygen atoms in total. The Morgan fingerprint density at radius 2 is 1.65 bits per heavy atom. The quantitative estimate of drug-likeness (QED) is 0.148. The van der Waals surface area contributed by atoms with Crippen molar-refractivity contribution in [2.75, 3.05) is 14.2 Å². The second-order valence-corrected chi connectivity index (χ2v) is 8.86. The van der Waals surface area contributed by atoms with Crippen molar-refractivity contribution in [1.29, 1.82) is 0 Å². The standard InChI is InChI=1S/C25H21ClO5P.C2H6/c1-28-25(27)24-23(30-15-17-8-4-3-5-9-17)21-13-7-12-20(18-10-6-11-19(26)14-18)22(21)16-32(24)31-29-2;1-2/h3-14,16H,15H2,1-2H3;1-2H3/q+1;. The van der Waals surface area contributed by atoms with Crippen LogP contribution in [0, 0.1) is 0 Å². The summed E-state index contributed by atoms with van der Waals surface area (Å²) in [4.78, 5) is 17.7. The summed E-state index contributed by atoms with van der Waals surface area (Å²) in [6, 6.07) is 23.2. The average Bonchev–Trinajstić information content (AvgIpc) is 2.88. The molecule has 0 N–H and O–H groups in total. The van der Waals surface area contributed by atoms with Crippen molar-refractivity contribution in [2.24, 2.45) is 0 Å². The average molecular weight is 498 g/mol. The molecule has 0 aliphatic carbocycles. The van der Waals surface area contributed by atoms with Crippen LogP contribution in [0.3, 0.4) is 0 Å². The molecule has 1 unspecified atom stereocenters. The van der Waals surface area contributed by atoms with Gasteiger partial charge in [-0.15, -0.1) is 0 Å². The Kier molecular flexibility index (Phi) is 9.43. The van der Waals surface area contributed by atoms with Crippen molar-refractivity contribution in [2.45, 2.75) is 20.5 Å². The summed E-state index contributed by atoms with van der Waals surface area (Å²) in [7, 11) is 1.15. The summed E-state index contributed by atoms with van der Waals surface area (Å²) in [6.07, 6.45) is 0. The molecule has 0 amide bonds. The van der Waals surface area contributed by atoms with Gasteiger partial charge in [-0.3, -0.25) is 0 Å². The zero-order chi connectivity index (χ0) is 24.5. The van der Waals surface area contributed by atoms with Crippen LogP contribution in [0.4, 0.5) is 0 Å². The number of carbonyl (C=O) groups excluding carboxylic acids is 1. The topological polar surface area (TPSA) is 54.0 Å². The number of fused-ring (bicyclic) bond motifs is 1. The number of hydrogen-bond acceptors (Lipinski definition) is 5. The molecule has 1 heterocycles. The Balaban J connectivity index is 0.00000158. The summed E-state index contributed by atoms with van der Waals surface area (Å²) < 4.78 is 16.8. The van der Waals surface area contributed by atoms with Crippen molar-refractivity contribution in [3.8, 4) is 16.9 Å². The number of ether oxygens (including phenoxy) is 2. The van der Waals surface area contributed by atoms with Gasteiger partial charge in [0, 0.05) is 15.8 Å². The highest BCUT2D eigenvalue weighted by Crippen LogP contribution is 2.46. The first-order chi connectivity index (χ1) is 16.6. The van der Waals surface area contributed by atoms with E-state index in [9.17, 15) is 4.79 Å². The van der Waals surface area contributed by atoms with Crippen LogP contribution >= 0.6 is 19.4 Å². The number of benzene rings is 3. The summed E-state index contributed by atoms with van der Waals surface area (Å²) in [5.41, 5.74) is 2.87. The predicted octanol–water partition coefficient (Wildman–Crippen LogP) is 7.81. The molecule has 3 aromatic carbocycles. The van der Waals surface area contributed by atoms with Crippen LogP contribution in [0.15, 0.2) is 78.6 Å². The molecule has 7 heteroatoms. The molecule has 1 aromatic heterocycles. The van der Waals surface area contributed by atoms with Gasteiger partial charge in [0.05, 0.1) is 14.2 Å². The molecule has 4 rings (SSSR count). The van der Waals surface area contributed by atoms with Gasteiger partial charge in [0.25, 0.3) is 0 Å². The SMILES string of the molecule is CC.COO[p+]1cc2c(-c3cccc(Cl)c3)cccc2c(OCc2ccccc2)c1C(=O)OC. The van der Waals surface area contributed by atoms with Gasteiger partial charge < -0.3 is 9.47 Å². The summed E-state index contributed by atoms with van der Waals surface area (Å²) in [6.45, 7) is 4.29. The Hall–Kier alpha value is -2.95. The van der Waals surface area contributed by atoms with Crippen LogP contribution in [0.5, 0.6) is 5.75 Å². The number of rotatable bonds is 7. The molecule has 0 radical (unpaired) electrons. The zero-order valence-electron chi connectivity index (χ0n) is 19.6. The molecular weight excluding hydrogens is 471 g/mol. The molecule has 0 saturated carbocycles. The molecular formula is C27H27ClO5P+.